The van der Waals surface area contributed by atoms with Crippen LogP contribution in [0.5, 0.6) is 0 Å². The molecule has 0 amide bonds. The molecule has 0 spiro atoms. The number of aryl methyl sites for hydroxylation is 1. The molecule has 2 aromatic carbocycles. The zero-order valence-electron chi connectivity index (χ0n) is 12.7. The maximum absolute atomic E-state index is 12.2. The fourth-order valence-electron chi connectivity index (χ4n) is 2.30. The van der Waals surface area contributed by atoms with Gasteiger partial charge in [-0.05, 0) is 42.5 Å². The minimum atomic E-state index is -1.06. The molecule has 0 saturated carbocycles. The van der Waals surface area contributed by atoms with Gasteiger partial charge in [0, 0.05) is 5.75 Å². The highest BCUT2D eigenvalue weighted by molar-refractivity contribution is 7.85. The predicted molar refractivity (Wildman–Crippen MR) is 93.4 cm³/mol. The van der Waals surface area contributed by atoms with Crippen molar-refractivity contribution in [2.24, 2.45) is 0 Å². The van der Waals surface area contributed by atoms with Gasteiger partial charge in [-0.2, -0.15) is 0 Å². The molecule has 1 N–H and O–H groups in total. The minimum absolute atomic E-state index is 0.0527. The van der Waals surface area contributed by atoms with Gasteiger partial charge in [-0.25, -0.2) is 0 Å². The molecular weight excluding hydrogens is 332 g/mol. The molecule has 0 aromatic heterocycles. The van der Waals surface area contributed by atoms with E-state index in [1.54, 1.807) is 12.1 Å². The molecule has 1 atom stereocenters. The molecule has 0 radical (unpaired) electrons. The van der Waals surface area contributed by atoms with Crippen LogP contribution in [0.2, 0.25) is 5.02 Å². The first-order valence-corrected chi connectivity index (χ1v) is 9.18. The second kappa shape index (κ2) is 8.85. The summed E-state index contributed by atoms with van der Waals surface area (Å²) in [7, 11) is -1.06. The maximum Gasteiger partial charge on any atom is 0.307 e. The molecule has 0 aliphatic carbocycles. The van der Waals surface area contributed by atoms with Gasteiger partial charge in [0.15, 0.2) is 0 Å². The number of unbranched alkanes of at least 4 members (excludes halogenated alkanes) is 1. The minimum Gasteiger partial charge on any atom is -0.481 e. The Labute approximate surface area is 143 Å². The van der Waals surface area contributed by atoms with E-state index in [-0.39, 0.29) is 6.42 Å². The van der Waals surface area contributed by atoms with Crippen LogP contribution < -0.4 is 0 Å². The lowest BCUT2D eigenvalue weighted by molar-refractivity contribution is -0.136. The average Bonchev–Trinajstić information content (AvgIpc) is 2.53. The first kappa shape index (κ1) is 17.7. The maximum atomic E-state index is 12.2. The lowest BCUT2D eigenvalue weighted by Gasteiger charge is -2.05. The van der Waals surface area contributed by atoms with Gasteiger partial charge in [0.25, 0.3) is 0 Å². The molecule has 0 saturated heterocycles. The van der Waals surface area contributed by atoms with Gasteiger partial charge in [0.2, 0.25) is 0 Å². The van der Waals surface area contributed by atoms with Crippen LogP contribution in [0.15, 0.2) is 53.4 Å². The summed E-state index contributed by atoms with van der Waals surface area (Å²) >= 11 is 6.04. The first-order valence-electron chi connectivity index (χ1n) is 7.49. The molecule has 3 nitrogen and oxygen atoms in total. The third-order valence-electron chi connectivity index (χ3n) is 3.51. The topological polar surface area (TPSA) is 54.4 Å². The Morgan fingerprint density at radius 2 is 1.65 bits per heavy atom. The van der Waals surface area contributed by atoms with Gasteiger partial charge in [0.1, 0.15) is 0 Å². The second-order valence-electron chi connectivity index (χ2n) is 5.32. The number of aliphatic carboxylic acids is 1. The Bertz CT molecular complexity index is 683. The normalized spacial score (nSPS) is 12.0. The third-order valence-corrected chi connectivity index (χ3v) is 5.45. The van der Waals surface area contributed by atoms with Gasteiger partial charge in [-0.1, -0.05) is 48.0 Å². The molecule has 2 aromatic rings. The standard InChI is InChI=1S/C18H19ClO3S/c19-16-6-1-2-7-17(16)23(22)12-4-3-5-14-8-10-15(11-9-14)13-18(20)21/h1-2,6-11H,3-5,12-13H2,(H,20,21). The molecule has 1 unspecified atom stereocenters. The molecular formula is C18H19ClO3S. The third kappa shape index (κ3) is 5.81. The van der Waals surface area contributed by atoms with Crippen LogP contribution in [-0.2, 0) is 28.4 Å². The summed E-state index contributed by atoms with van der Waals surface area (Å²) in [6.07, 6.45) is 2.74. The van der Waals surface area contributed by atoms with Crippen molar-refractivity contribution in [3.63, 3.8) is 0 Å². The number of carboxylic acids is 1. The van der Waals surface area contributed by atoms with E-state index in [1.165, 1.54) is 5.56 Å². The molecule has 5 heteroatoms. The van der Waals surface area contributed by atoms with Crippen LogP contribution >= 0.6 is 11.6 Å². The van der Waals surface area contributed by atoms with Crippen molar-refractivity contribution in [2.75, 3.05) is 5.75 Å². The largest absolute Gasteiger partial charge is 0.481 e. The highest BCUT2D eigenvalue weighted by atomic mass is 35.5. The molecule has 0 aliphatic heterocycles. The summed E-state index contributed by atoms with van der Waals surface area (Å²) in [5.41, 5.74) is 1.98. The Morgan fingerprint density at radius 1 is 1.00 bits per heavy atom. The van der Waals surface area contributed by atoms with Gasteiger partial charge >= 0.3 is 5.97 Å². The van der Waals surface area contributed by atoms with Crippen molar-refractivity contribution in [3.05, 3.63) is 64.7 Å². The molecule has 122 valence electrons. The predicted octanol–water partition coefficient (Wildman–Crippen LogP) is 4.10. The molecule has 2 rings (SSSR count). The van der Waals surface area contributed by atoms with Crippen LogP contribution in [0, 0.1) is 0 Å². The number of halogens is 1. The van der Waals surface area contributed by atoms with Crippen molar-refractivity contribution in [3.8, 4) is 0 Å². The van der Waals surface area contributed by atoms with E-state index in [9.17, 15) is 9.00 Å². The van der Waals surface area contributed by atoms with Crippen LogP contribution in [-0.4, -0.2) is 21.0 Å². The summed E-state index contributed by atoms with van der Waals surface area (Å²) < 4.78 is 12.2. The van der Waals surface area contributed by atoms with Crippen molar-refractivity contribution in [1.82, 2.24) is 0 Å². The fourth-order valence-corrected chi connectivity index (χ4v) is 3.90. The van der Waals surface area contributed by atoms with E-state index >= 15 is 0 Å². The molecule has 0 aliphatic rings. The van der Waals surface area contributed by atoms with Crippen molar-refractivity contribution < 1.29 is 14.1 Å². The second-order valence-corrected chi connectivity index (χ2v) is 7.27. The number of rotatable bonds is 8. The lowest BCUT2D eigenvalue weighted by Crippen LogP contribution is -2.01. The Morgan fingerprint density at radius 3 is 2.30 bits per heavy atom. The van der Waals surface area contributed by atoms with E-state index in [0.717, 1.165) is 24.8 Å². The smallest absolute Gasteiger partial charge is 0.307 e. The van der Waals surface area contributed by atoms with E-state index < -0.39 is 16.8 Å². The van der Waals surface area contributed by atoms with E-state index in [2.05, 4.69) is 0 Å². The number of hydrogen-bond donors (Lipinski definition) is 1. The van der Waals surface area contributed by atoms with Gasteiger partial charge in [-0.15, -0.1) is 0 Å². The summed E-state index contributed by atoms with van der Waals surface area (Å²) in [6, 6.07) is 14.9. The van der Waals surface area contributed by atoms with Crippen molar-refractivity contribution in [1.29, 1.82) is 0 Å². The summed E-state index contributed by atoms with van der Waals surface area (Å²) in [5.74, 6) is -0.222. The van der Waals surface area contributed by atoms with Crippen LogP contribution in [0.1, 0.15) is 24.0 Å². The quantitative estimate of drug-likeness (QED) is 0.729. The fraction of sp³-hybridized carbons (Fsp3) is 0.278. The molecule has 0 heterocycles. The lowest BCUT2D eigenvalue weighted by atomic mass is 10.1. The number of carbonyl (C=O) groups is 1. The SMILES string of the molecule is O=C(O)Cc1ccc(CCCCS(=O)c2ccccc2Cl)cc1. The monoisotopic (exact) mass is 350 g/mol. The molecule has 0 bridgehead atoms. The average molecular weight is 351 g/mol. The van der Waals surface area contributed by atoms with Gasteiger partial charge < -0.3 is 5.11 Å². The molecule has 23 heavy (non-hydrogen) atoms. The van der Waals surface area contributed by atoms with E-state index in [0.29, 0.717) is 15.7 Å². The zero-order chi connectivity index (χ0) is 16.7. The first-order chi connectivity index (χ1) is 11.1. The number of hydrogen-bond acceptors (Lipinski definition) is 2. The van der Waals surface area contributed by atoms with Gasteiger partial charge in [-0.3, -0.25) is 9.00 Å². The number of carboxylic acid groups (broad SMARTS) is 1. The Kier molecular flexibility index (Phi) is 6.81. The highest BCUT2D eigenvalue weighted by Gasteiger charge is 2.07. The summed E-state index contributed by atoms with van der Waals surface area (Å²) in [5, 5.41) is 9.29. The molecule has 0 fully saturated rings. The van der Waals surface area contributed by atoms with Crippen LogP contribution in [0.4, 0.5) is 0 Å². The van der Waals surface area contributed by atoms with Gasteiger partial charge in [0.05, 0.1) is 27.1 Å². The zero-order valence-corrected chi connectivity index (χ0v) is 14.3. The Hall–Kier alpha value is -1.65. The highest BCUT2D eigenvalue weighted by Crippen LogP contribution is 2.20. The summed E-state index contributed by atoms with van der Waals surface area (Å²) in [4.78, 5) is 11.3. The van der Waals surface area contributed by atoms with Crippen molar-refractivity contribution in [2.45, 2.75) is 30.6 Å². The van der Waals surface area contributed by atoms with Crippen LogP contribution in [0.25, 0.3) is 0 Å². The summed E-state index contributed by atoms with van der Waals surface area (Å²) in [6.45, 7) is 0. The Balaban J connectivity index is 1.76. The van der Waals surface area contributed by atoms with Crippen molar-refractivity contribution >= 4 is 28.4 Å². The van der Waals surface area contributed by atoms with E-state index in [4.69, 9.17) is 16.7 Å². The van der Waals surface area contributed by atoms with E-state index in [1.807, 2.05) is 36.4 Å². The van der Waals surface area contributed by atoms with Crippen LogP contribution in [0.3, 0.4) is 0 Å². The number of benzene rings is 2.